The molecule has 1 aliphatic carbocycles. The summed E-state index contributed by atoms with van der Waals surface area (Å²) in [5.74, 6) is 0.259. The highest BCUT2D eigenvalue weighted by Crippen LogP contribution is 2.24. The van der Waals surface area contributed by atoms with E-state index in [1.165, 1.54) is 25.7 Å². The average Bonchev–Trinajstić information content (AvgIpc) is 3.22. The summed E-state index contributed by atoms with van der Waals surface area (Å²) in [6.07, 6.45) is 5.95. The minimum atomic E-state index is -0.454. The Morgan fingerprint density at radius 1 is 1.07 bits per heavy atom. The van der Waals surface area contributed by atoms with Gasteiger partial charge in [0.2, 0.25) is 5.91 Å². The lowest BCUT2D eigenvalue weighted by molar-refractivity contribution is -0.135. The van der Waals surface area contributed by atoms with Crippen molar-refractivity contribution in [2.45, 2.75) is 65.0 Å². The topological polar surface area (TPSA) is 52.7 Å². The zero-order chi connectivity index (χ0) is 20.1. The molecular weight excluding hydrogens is 350 g/mol. The number of hydrogen-bond donors (Lipinski definition) is 1. The second-order valence-corrected chi connectivity index (χ2v) is 8.77. The molecule has 2 fully saturated rings. The number of carbonyl (C=O) groups excluding carboxylic acids is 2. The predicted molar refractivity (Wildman–Crippen MR) is 112 cm³/mol. The molecule has 1 aliphatic heterocycles. The Balaban J connectivity index is 1.62. The first-order chi connectivity index (χ1) is 13.5. The SMILES string of the molecule is Cc1ccccc1C(=O)NC(CC(C)C)C(=O)N1CCN(C2CCCC2)CC1. The van der Waals surface area contributed by atoms with E-state index < -0.39 is 6.04 Å². The van der Waals surface area contributed by atoms with E-state index in [1.54, 1.807) is 0 Å². The summed E-state index contributed by atoms with van der Waals surface area (Å²) in [4.78, 5) is 30.5. The summed E-state index contributed by atoms with van der Waals surface area (Å²) in [5.41, 5.74) is 1.58. The van der Waals surface area contributed by atoms with Crippen LogP contribution in [-0.2, 0) is 4.79 Å². The smallest absolute Gasteiger partial charge is 0.252 e. The predicted octanol–water partition coefficient (Wildman–Crippen LogP) is 3.23. The third-order valence-corrected chi connectivity index (χ3v) is 6.17. The number of nitrogens with zero attached hydrogens (tertiary/aromatic N) is 2. The van der Waals surface area contributed by atoms with Crippen molar-refractivity contribution in [3.05, 3.63) is 35.4 Å². The fourth-order valence-corrected chi connectivity index (χ4v) is 4.55. The van der Waals surface area contributed by atoms with Gasteiger partial charge in [-0.2, -0.15) is 0 Å². The molecule has 1 unspecified atom stereocenters. The number of amides is 2. The Kier molecular flexibility index (Phi) is 7.11. The lowest BCUT2D eigenvalue weighted by Crippen LogP contribution is -2.56. The van der Waals surface area contributed by atoms with Gasteiger partial charge in [0.15, 0.2) is 0 Å². The molecule has 0 radical (unpaired) electrons. The Bertz CT molecular complexity index is 674. The van der Waals surface area contributed by atoms with Crippen LogP contribution in [-0.4, -0.2) is 59.9 Å². The van der Waals surface area contributed by atoms with Crippen LogP contribution in [0.1, 0.15) is 61.9 Å². The van der Waals surface area contributed by atoms with Crippen LogP contribution in [0.2, 0.25) is 0 Å². The van der Waals surface area contributed by atoms with Crippen molar-refractivity contribution < 1.29 is 9.59 Å². The number of nitrogens with one attached hydrogen (secondary N) is 1. The Hall–Kier alpha value is -1.88. The van der Waals surface area contributed by atoms with E-state index in [-0.39, 0.29) is 11.8 Å². The minimum absolute atomic E-state index is 0.0710. The van der Waals surface area contributed by atoms with Gasteiger partial charge in [0.25, 0.3) is 5.91 Å². The lowest BCUT2D eigenvalue weighted by atomic mass is 10.0. The number of hydrogen-bond acceptors (Lipinski definition) is 3. The molecule has 0 bridgehead atoms. The summed E-state index contributed by atoms with van der Waals surface area (Å²) in [5, 5.41) is 3.03. The van der Waals surface area contributed by atoms with Gasteiger partial charge >= 0.3 is 0 Å². The van der Waals surface area contributed by atoms with E-state index in [0.717, 1.165) is 31.7 Å². The van der Waals surface area contributed by atoms with Crippen molar-refractivity contribution >= 4 is 11.8 Å². The third kappa shape index (κ3) is 5.13. The summed E-state index contributed by atoms with van der Waals surface area (Å²) < 4.78 is 0. The standard InChI is InChI=1S/C23H35N3O2/c1-17(2)16-21(24-22(27)20-11-7-4-8-18(20)3)23(28)26-14-12-25(13-15-26)19-9-5-6-10-19/h4,7-8,11,17,19,21H,5-6,9-10,12-16H2,1-3H3,(H,24,27). The second-order valence-electron chi connectivity index (χ2n) is 8.77. The van der Waals surface area contributed by atoms with Crippen LogP contribution in [0.15, 0.2) is 24.3 Å². The van der Waals surface area contributed by atoms with Gasteiger partial charge in [-0.25, -0.2) is 0 Å². The zero-order valence-electron chi connectivity index (χ0n) is 17.6. The molecule has 1 aromatic carbocycles. The van der Waals surface area contributed by atoms with Gasteiger partial charge in [-0.05, 0) is 43.7 Å². The number of benzene rings is 1. The Labute approximate surface area is 169 Å². The monoisotopic (exact) mass is 385 g/mol. The fraction of sp³-hybridized carbons (Fsp3) is 0.652. The molecule has 0 aromatic heterocycles. The van der Waals surface area contributed by atoms with Crippen LogP contribution < -0.4 is 5.32 Å². The lowest BCUT2D eigenvalue weighted by Gasteiger charge is -2.39. The van der Waals surface area contributed by atoms with Crippen LogP contribution in [0.3, 0.4) is 0 Å². The van der Waals surface area contributed by atoms with E-state index in [1.807, 2.05) is 36.1 Å². The number of aryl methyl sites for hydroxylation is 1. The molecule has 2 amide bonds. The van der Waals surface area contributed by atoms with Gasteiger partial charge in [0, 0.05) is 37.8 Å². The average molecular weight is 386 g/mol. The number of piperazine rings is 1. The summed E-state index contributed by atoms with van der Waals surface area (Å²) in [6, 6.07) is 7.80. The molecule has 1 N–H and O–H groups in total. The normalized spacial score (nSPS) is 19.8. The largest absolute Gasteiger partial charge is 0.340 e. The third-order valence-electron chi connectivity index (χ3n) is 6.17. The molecule has 1 atom stereocenters. The highest BCUT2D eigenvalue weighted by Gasteiger charge is 2.32. The molecule has 3 rings (SSSR count). The van der Waals surface area contributed by atoms with Crippen LogP contribution in [0.25, 0.3) is 0 Å². The highest BCUT2D eigenvalue weighted by molar-refractivity contribution is 5.98. The van der Waals surface area contributed by atoms with Crippen LogP contribution in [0.4, 0.5) is 0 Å². The number of carbonyl (C=O) groups is 2. The van der Waals surface area contributed by atoms with Crippen LogP contribution in [0, 0.1) is 12.8 Å². The molecule has 5 heteroatoms. The van der Waals surface area contributed by atoms with E-state index in [9.17, 15) is 9.59 Å². The van der Waals surface area contributed by atoms with Crippen molar-refractivity contribution in [1.82, 2.24) is 15.1 Å². The van der Waals surface area contributed by atoms with E-state index >= 15 is 0 Å². The summed E-state index contributed by atoms with van der Waals surface area (Å²) >= 11 is 0. The van der Waals surface area contributed by atoms with Gasteiger partial charge in [-0.1, -0.05) is 44.9 Å². The summed E-state index contributed by atoms with van der Waals surface area (Å²) in [6.45, 7) is 9.56. The van der Waals surface area contributed by atoms with E-state index in [0.29, 0.717) is 23.9 Å². The molecule has 1 aromatic rings. The quantitative estimate of drug-likeness (QED) is 0.818. The molecule has 1 saturated heterocycles. The molecule has 1 heterocycles. The van der Waals surface area contributed by atoms with E-state index in [2.05, 4.69) is 24.1 Å². The second kappa shape index (κ2) is 9.55. The Morgan fingerprint density at radius 2 is 1.71 bits per heavy atom. The van der Waals surface area contributed by atoms with Crippen LogP contribution in [0.5, 0.6) is 0 Å². The van der Waals surface area contributed by atoms with Crippen molar-refractivity contribution in [3.63, 3.8) is 0 Å². The highest BCUT2D eigenvalue weighted by atomic mass is 16.2. The van der Waals surface area contributed by atoms with Gasteiger partial charge in [0.1, 0.15) is 6.04 Å². The molecule has 0 spiro atoms. The molecule has 154 valence electrons. The van der Waals surface area contributed by atoms with Gasteiger partial charge < -0.3 is 10.2 Å². The molecule has 2 aliphatic rings. The maximum atomic E-state index is 13.2. The summed E-state index contributed by atoms with van der Waals surface area (Å²) in [7, 11) is 0. The van der Waals surface area contributed by atoms with Crippen molar-refractivity contribution in [2.75, 3.05) is 26.2 Å². The van der Waals surface area contributed by atoms with Gasteiger partial charge in [0.05, 0.1) is 0 Å². The van der Waals surface area contributed by atoms with Crippen LogP contribution >= 0.6 is 0 Å². The first-order valence-corrected chi connectivity index (χ1v) is 10.8. The maximum absolute atomic E-state index is 13.2. The maximum Gasteiger partial charge on any atom is 0.252 e. The molecular formula is C23H35N3O2. The fourth-order valence-electron chi connectivity index (χ4n) is 4.55. The molecule has 5 nitrogen and oxygen atoms in total. The van der Waals surface area contributed by atoms with E-state index in [4.69, 9.17) is 0 Å². The first-order valence-electron chi connectivity index (χ1n) is 10.8. The van der Waals surface area contributed by atoms with Gasteiger partial charge in [-0.3, -0.25) is 14.5 Å². The van der Waals surface area contributed by atoms with Crippen molar-refractivity contribution in [1.29, 1.82) is 0 Å². The van der Waals surface area contributed by atoms with Gasteiger partial charge in [-0.15, -0.1) is 0 Å². The molecule has 28 heavy (non-hydrogen) atoms. The zero-order valence-corrected chi connectivity index (χ0v) is 17.6. The van der Waals surface area contributed by atoms with Crippen molar-refractivity contribution in [2.24, 2.45) is 5.92 Å². The first kappa shape index (κ1) is 20.8. The Morgan fingerprint density at radius 3 is 2.32 bits per heavy atom. The minimum Gasteiger partial charge on any atom is -0.340 e. The molecule has 1 saturated carbocycles. The number of rotatable bonds is 6. The van der Waals surface area contributed by atoms with Crippen molar-refractivity contribution in [3.8, 4) is 0 Å².